The van der Waals surface area contributed by atoms with Gasteiger partial charge in [0.1, 0.15) is 0 Å². The Morgan fingerprint density at radius 3 is 2.72 bits per heavy atom. The Hall–Kier alpha value is -2.31. The van der Waals surface area contributed by atoms with Gasteiger partial charge in [-0.1, -0.05) is 0 Å². The zero-order valence-electron chi connectivity index (χ0n) is 16.6. The Labute approximate surface area is 183 Å². The number of aliphatic carboxylic acids is 1. The van der Waals surface area contributed by atoms with Crippen LogP contribution in [-0.2, 0) is 29.7 Å². The molecule has 3 N–H and O–H groups in total. The van der Waals surface area contributed by atoms with Crippen LogP contribution in [0.2, 0.25) is 0 Å². The summed E-state index contributed by atoms with van der Waals surface area (Å²) in [5.74, 6) is -0.543. The van der Waals surface area contributed by atoms with Gasteiger partial charge in [-0.25, -0.2) is 0 Å². The van der Waals surface area contributed by atoms with Crippen molar-refractivity contribution in [2.45, 2.75) is 26.3 Å². The minimum absolute atomic E-state index is 0.333. The number of benzene rings is 1. The monoisotopic (exact) mass is 582 g/mol. The van der Waals surface area contributed by atoms with E-state index in [2.05, 4.69) is 46.2 Å². The van der Waals surface area contributed by atoms with Crippen molar-refractivity contribution in [1.82, 2.24) is 15.3 Å². The van der Waals surface area contributed by atoms with Crippen molar-refractivity contribution in [1.29, 1.82) is 0 Å². The zero-order valence-corrected chi connectivity index (χ0v) is 20.3. The Balaban J connectivity index is 1.89. The first kappa shape index (κ1) is 21.4. The van der Waals surface area contributed by atoms with Gasteiger partial charge in [-0.3, -0.25) is 4.79 Å². The van der Waals surface area contributed by atoms with E-state index in [1.807, 2.05) is 26.1 Å². The van der Waals surface area contributed by atoms with Crippen LogP contribution in [0.1, 0.15) is 34.9 Å². The van der Waals surface area contributed by atoms with Gasteiger partial charge in [0, 0.05) is 0 Å². The number of aryl methyl sites for hydroxylation is 1. The molecule has 0 aliphatic rings. The van der Waals surface area contributed by atoms with Gasteiger partial charge in [0.2, 0.25) is 0 Å². The van der Waals surface area contributed by atoms with E-state index >= 15 is 0 Å². The van der Waals surface area contributed by atoms with E-state index < -0.39 is 12.5 Å². The molecule has 0 spiro atoms. The molecule has 0 aliphatic carbocycles. The molecule has 0 fully saturated rings. The Morgan fingerprint density at radius 1 is 1.31 bits per heavy atom. The molecule has 3 rings (SSSR count). The maximum absolute atomic E-state index is 12.1. The number of amides is 1. The summed E-state index contributed by atoms with van der Waals surface area (Å²) in [4.78, 5) is 33.3. The van der Waals surface area contributed by atoms with Gasteiger partial charge in [0.05, 0.1) is 0 Å². The predicted octanol–water partition coefficient (Wildman–Crippen LogP) is 3.20. The van der Waals surface area contributed by atoms with Crippen LogP contribution in [0.4, 0.5) is 5.00 Å². The number of hydrogen-bond donors (Lipinski definition) is 3. The molecular formula is C20H22N4O3SW. The van der Waals surface area contributed by atoms with E-state index in [9.17, 15) is 9.59 Å². The van der Waals surface area contributed by atoms with E-state index in [0.717, 1.165) is 31.0 Å². The number of fused-ring (bicyclic) bond motifs is 1. The average molecular weight is 582 g/mol. The molecule has 0 saturated carbocycles. The van der Waals surface area contributed by atoms with Crippen LogP contribution in [0.5, 0.6) is 0 Å². The summed E-state index contributed by atoms with van der Waals surface area (Å²) < 4.78 is 1.15. The second-order valence-corrected chi connectivity index (χ2v) is 9.74. The number of carbonyl (C=O) groups excluding carboxylic acids is 1. The molecule has 1 aromatic carbocycles. The summed E-state index contributed by atoms with van der Waals surface area (Å²) in [5, 5.41) is 13.2. The van der Waals surface area contributed by atoms with Gasteiger partial charge in [0.25, 0.3) is 0 Å². The SMILES string of the molecule is Cc1nc2ccc(C(C)(C)N(C)c3ccc(C(=O)NCC(=O)O)s3)cc2[c](=[W])[nH]1. The first-order valence-electron chi connectivity index (χ1n) is 8.94. The molecular weight excluding hydrogens is 560 g/mol. The Bertz CT molecular complexity index is 1150. The third-order valence-corrected chi connectivity index (χ3v) is 7.23. The van der Waals surface area contributed by atoms with Crippen molar-refractivity contribution < 1.29 is 34.0 Å². The molecule has 152 valence electrons. The van der Waals surface area contributed by atoms with Crippen molar-refractivity contribution in [2.24, 2.45) is 0 Å². The van der Waals surface area contributed by atoms with Crippen molar-refractivity contribution >= 4 is 39.1 Å². The second-order valence-electron chi connectivity index (χ2n) is 7.22. The summed E-state index contributed by atoms with van der Waals surface area (Å²) in [6.07, 6.45) is 0. The van der Waals surface area contributed by atoms with Crippen LogP contribution in [0, 0.1) is 10.6 Å². The summed E-state index contributed by atoms with van der Waals surface area (Å²) >= 11 is 2.69. The number of nitrogens with zero attached hydrogens (tertiary/aromatic N) is 2. The van der Waals surface area contributed by atoms with Gasteiger partial charge < -0.3 is 5.11 Å². The van der Waals surface area contributed by atoms with E-state index in [1.165, 1.54) is 30.7 Å². The van der Waals surface area contributed by atoms with Crippen molar-refractivity contribution in [3.63, 3.8) is 0 Å². The molecule has 7 nitrogen and oxygen atoms in total. The van der Waals surface area contributed by atoms with Gasteiger partial charge in [0.15, 0.2) is 0 Å². The van der Waals surface area contributed by atoms with Crippen LogP contribution in [0.25, 0.3) is 10.9 Å². The van der Waals surface area contributed by atoms with Crippen LogP contribution >= 0.6 is 11.3 Å². The van der Waals surface area contributed by atoms with Crippen LogP contribution in [-0.4, -0.2) is 40.5 Å². The first-order chi connectivity index (χ1) is 13.6. The first-order valence-corrected chi connectivity index (χ1v) is 11.2. The summed E-state index contributed by atoms with van der Waals surface area (Å²) in [5.41, 5.74) is 1.78. The molecule has 0 aliphatic heterocycles. The number of aromatic nitrogens is 2. The number of anilines is 1. The number of thiophene rings is 1. The topological polar surface area (TPSA) is 98.3 Å². The van der Waals surface area contributed by atoms with Crippen LogP contribution in [0.3, 0.4) is 0 Å². The fourth-order valence-corrected chi connectivity index (χ4v) is 5.12. The summed E-state index contributed by atoms with van der Waals surface area (Å²) in [7, 11) is 1.99. The van der Waals surface area contributed by atoms with Crippen molar-refractivity contribution in [3.05, 3.63) is 50.3 Å². The molecule has 0 bridgehead atoms. The molecule has 9 heteroatoms. The molecule has 29 heavy (non-hydrogen) atoms. The zero-order chi connectivity index (χ0) is 21.3. The van der Waals surface area contributed by atoms with Crippen molar-refractivity contribution in [3.8, 4) is 0 Å². The quantitative estimate of drug-likeness (QED) is 0.415. The molecule has 0 atom stereocenters. The Kier molecular flexibility index (Phi) is 6.05. The number of nitrogens with one attached hydrogen (secondary N) is 2. The Morgan fingerprint density at radius 2 is 2.03 bits per heavy atom. The van der Waals surface area contributed by atoms with E-state index in [-0.39, 0.29) is 11.4 Å². The van der Waals surface area contributed by atoms with Crippen molar-refractivity contribution in [2.75, 3.05) is 18.5 Å². The summed E-state index contributed by atoms with van der Waals surface area (Å²) in [6.45, 7) is 5.83. The number of H-pyrrole nitrogens is 1. The van der Waals surface area contributed by atoms with E-state index in [4.69, 9.17) is 5.11 Å². The fourth-order valence-electron chi connectivity index (χ4n) is 2.98. The number of carboxylic acid groups (broad SMARTS) is 1. The van der Waals surface area contributed by atoms with Gasteiger partial charge in [-0.15, -0.1) is 0 Å². The number of hydrogen-bond acceptors (Lipinski definition) is 5. The third kappa shape index (κ3) is 4.49. The van der Waals surface area contributed by atoms with Gasteiger partial charge in [-0.05, 0) is 0 Å². The molecule has 3 aromatic rings. The molecule has 0 unspecified atom stereocenters. The number of carboxylic acids is 1. The van der Waals surface area contributed by atoms with Gasteiger partial charge >= 0.3 is 174 Å². The number of aromatic amines is 1. The fraction of sp³-hybridized carbons (Fsp3) is 0.300. The minimum atomic E-state index is -1.07. The standard InChI is InChI=1S/C20H22N4O3S.W/c1-12-21-10-13-9-14(5-6-15(13)23-12)20(2,3)24(4)17-8-7-16(28-17)19(27)22-11-18(25)26;/h5-9H,11H2,1-4H3,(H,21,23)(H,22,27)(H,25,26);. The van der Waals surface area contributed by atoms with E-state index in [0.29, 0.717) is 4.88 Å². The molecule has 1 amide bonds. The van der Waals surface area contributed by atoms with Crippen LogP contribution < -0.4 is 10.2 Å². The number of rotatable bonds is 6. The van der Waals surface area contributed by atoms with E-state index in [1.54, 1.807) is 6.07 Å². The maximum atomic E-state index is 12.1. The predicted molar refractivity (Wildman–Crippen MR) is 110 cm³/mol. The molecule has 2 heterocycles. The molecule has 2 aromatic heterocycles. The molecule has 0 saturated heterocycles. The van der Waals surface area contributed by atoms with Crippen LogP contribution in [0.15, 0.2) is 30.3 Å². The third-order valence-electron chi connectivity index (χ3n) is 4.92. The average Bonchev–Trinajstić information content (AvgIpc) is 3.15. The number of carbonyl (C=O) groups is 2. The molecule has 0 radical (unpaired) electrons. The summed E-state index contributed by atoms with van der Waals surface area (Å²) in [6, 6.07) is 9.92. The second kappa shape index (κ2) is 8.20. The van der Waals surface area contributed by atoms with Gasteiger partial charge in [-0.2, -0.15) is 0 Å². The normalized spacial score (nSPS) is 11.4.